The average Bonchev–Trinajstić information content (AvgIpc) is 3.11. The van der Waals surface area contributed by atoms with Gasteiger partial charge in [-0.05, 0) is 43.6 Å². The number of hydrogen-bond donors (Lipinski definition) is 1. The molecule has 2 aliphatic rings. The first kappa shape index (κ1) is 12.7. The molecule has 0 aromatic carbocycles. The normalized spacial score (nSPS) is 20.2. The van der Waals surface area contributed by atoms with E-state index in [-0.39, 0.29) is 0 Å². The van der Waals surface area contributed by atoms with Gasteiger partial charge in [-0.1, -0.05) is 19.3 Å². The molecule has 0 amide bonds. The summed E-state index contributed by atoms with van der Waals surface area (Å²) >= 11 is 0. The molecular formula is C18H22N4. The highest BCUT2D eigenvalue weighted by molar-refractivity contribution is 5.78. The van der Waals surface area contributed by atoms with E-state index < -0.39 is 0 Å². The van der Waals surface area contributed by atoms with Gasteiger partial charge in [0.25, 0.3) is 0 Å². The third-order valence-corrected chi connectivity index (χ3v) is 5.44. The lowest BCUT2D eigenvalue weighted by atomic mass is 9.87. The number of hydrogen-bond acceptors (Lipinski definition) is 2. The Kier molecular flexibility index (Phi) is 2.79. The van der Waals surface area contributed by atoms with Crippen LogP contribution in [0, 0.1) is 5.92 Å². The van der Waals surface area contributed by atoms with Crippen molar-refractivity contribution in [1.82, 2.24) is 19.4 Å². The van der Waals surface area contributed by atoms with Gasteiger partial charge in [-0.25, -0.2) is 9.97 Å². The van der Waals surface area contributed by atoms with Gasteiger partial charge in [-0.2, -0.15) is 0 Å². The van der Waals surface area contributed by atoms with E-state index in [2.05, 4.69) is 26.8 Å². The van der Waals surface area contributed by atoms with Gasteiger partial charge in [-0.15, -0.1) is 0 Å². The highest BCUT2D eigenvalue weighted by Crippen LogP contribution is 2.35. The smallest absolute Gasteiger partial charge is 0.156 e. The van der Waals surface area contributed by atoms with E-state index in [1.165, 1.54) is 68.1 Å². The van der Waals surface area contributed by atoms with Gasteiger partial charge in [0, 0.05) is 18.3 Å². The first-order valence-corrected chi connectivity index (χ1v) is 8.72. The summed E-state index contributed by atoms with van der Waals surface area (Å²) in [6.45, 7) is 0. The van der Waals surface area contributed by atoms with Gasteiger partial charge in [0.1, 0.15) is 0 Å². The van der Waals surface area contributed by atoms with Gasteiger partial charge in [-0.3, -0.25) is 4.40 Å². The lowest BCUT2D eigenvalue weighted by molar-refractivity contribution is 0.438. The van der Waals surface area contributed by atoms with E-state index >= 15 is 0 Å². The SMILES string of the molecule is c1[nH]c2ncc3nc(C4CCCCC4)cn3c2c1CC1CC1. The Balaban J connectivity index is 1.63. The van der Waals surface area contributed by atoms with Crippen molar-refractivity contribution in [1.29, 1.82) is 0 Å². The molecule has 0 bridgehead atoms. The molecule has 3 aromatic rings. The maximum absolute atomic E-state index is 4.89. The molecule has 4 nitrogen and oxygen atoms in total. The zero-order valence-electron chi connectivity index (χ0n) is 12.9. The van der Waals surface area contributed by atoms with Crippen LogP contribution in [0.15, 0.2) is 18.6 Å². The van der Waals surface area contributed by atoms with Crippen LogP contribution in [0.2, 0.25) is 0 Å². The standard InChI is InChI=1S/C18H22N4/c1-2-4-13(5-3-1)15-11-22-16(21-15)10-20-18-17(22)14(9-19-18)8-12-6-7-12/h9-13,19H,1-8H2. The summed E-state index contributed by atoms with van der Waals surface area (Å²) in [5, 5.41) is 0. The fraction of sp³-hybridized carbons (Fsp3) is 0.556. The van der Waals surface area contributed by atoms with Crippen LogP contribution in [0.3, 0.4) is 0 Å². The minimum atomic E-state index is 0.648. The number of nitrogens with zero attached hydrogens (tertiary/aromatic N) is 3. The number of aromatic amines is 1. The van der Waals surface area contributed by atoms with Crippen molar-refractivity contribution < 1.29 is 0 Å². The van der Waals surface area contributed by atoms with E-state index in [1.807, 2.05) is 6.20 Å². The second-order valence-corrected chi connectivity index (χ2v) is 7.15. The molecule has 5 rings (SSSR count). The molecule has 1 N–H and O–H groups in total. The van der Waals surface area contributed by atoms with E-state index in [1.54, 1.807) is 0 Å². The van der Waals surface area contributed by atoms with Gasteiger partial charge in [0.2, 0.25) is 0 Å². The maximum Gasteiger partial charge on any atom is 0.156 e. The zero-order valence-corrected chi connectivity index (χ0v) is 12.9. The molecule has 22 heavy (non-hydrogen) atoms. The van der Waals surface area contributed by atoms with Crippen LogP contribution in [0.25, 0.3) is 16.8 Å². The Hall–Kier alpha value is -1.84. The molecule has 0 saturated heterocycles. The summed E-state index contributed by atoms with van der Waals surface area (Å²) < 4.78 is 2.28. The summed E-state index contributed by atoms with van der Waals surface area (Å²) in [6, 6.07) is 0. The first-order chi connectivity index (χ1) is 10.9. The highest BCUT2D eigenvalue weighted by atomic mass is 15.1. The van der Waals surface area contributed by atoms with Crippen molar-refractivity contribution in [3.05, 3.63) is 29.8 Å². The second kappa shape index (κ2) is 4.83. The molecule has 0 radical (unpaired) electrons. The zero-order chi connectivity index (χ0) is 14.5. The quantitative estimate of drug-likeness (QED) is 0.786. The Morgan fingerprint density at radius 2 is 2.00 bits per heavy atom. The lowest BCUT2D eigenvalue weighted by Crippen LogP contribution is -2.04. The molecule has 2 aliphatic carbocycles. The fourth-order valence-corrected chi connectivity index (χ4v) is 4.00. The number of aromatic nitrogens is 4. The van der Waals surface area contributed by atoms with Crippen LogP contribution in [-0.4, -0.2) is 19.4 Å². The van der Waals surface area contributed by atoms with Crippen LogP contribution in [-0.2, 0) is 6.42 Å². The van der Waals surface area contributed by atoms with E-state index in [9.17, 15) is 0 Å². The molecule has 0 atom stereocenters. The van der Waals surface area contributed by atoms with E-state index in [4.69, 9.17) is 4.98 Å². The van der Waals surface area contributed by atoms with Crippen molar-refractivity contribution in [2.75, 3.05) is 0 Å². The van der Waals surface area contributed by atoms with Crippen LogP contribution >= 0.6 is 0 Å². The minimum Gasteiger partial charge on any atom is -0.345 e. The summed E-state index contributed by atoms with van der Waals surface area (Å²) in [7, 11) is 0. The third kappa shape index (κ3) is 2.04. The Labute approximate surface area is 130 Å². The number of imidazole rings is 1. The molecule has 2 saturated carbocycles. The lowest BCUT2D eigenvalue weighted by Gasteiger charge is -2.19. The van der Waals surface area contributed by atoms with Gasteiger partial charge in [0.15, 0.2) is 11.3 Å². The molecule has 0 unspecified atom stereocenters. The van der Waals surface area contributed by atoms with Gasteiger partial charge in [0.05, 0.1) is 17.4 Å². The van der Waals surface area contributed by atoms with Crippen molar-refractivity contribution in [3.63, 3.8) is 0 Å². The minimum absolute atomic E-state index is 0.648. The maximum atomic E-state index is 4.89. The van der Waals surface area contributed by atoms with Crippen molar-refractivity contribution >= 4 is 16.8 Å². The molecule has 0 aliphatic heterocycles. The second-order valence-electron chi connectivity index (χ2n) is 7.15. The van der Waals surface area contributed by atoms with E-state index in [0.29, 0.717) is 5.92 Å². The van der Waals surface area contributed by atoms with E-state index in [0.717, 1.165) is 17.2 Å². The molecule has 3 heterocycles. The summed E-state index contributed by atoms with van der Waals surface area (Å²) in [4.78, 5) is 12.8. The molecule has 2 fully saturated rings. The molecule has 0 spiro atoms. The monoisotopic (exact) mass is 294 g/mol. The number of rotatable bonds is 3. The predicted octanol–water partition coefficient (Wildman–Crippen LogP) is 4.21. The van der Waals surface area contributed by atoms with Crippen LogP contribution in [0.1, 0.15) is 62.1 Å². The van der Waals surface area contributed by atoms with Crippen molar-refractivity contribution in [3.8, 4) is 0 Å². The molecular weight excluding hydrogens is 272 g/mol. The van der Waals surface area contributed by atoms with Crippen LogP contribution in [0.4, 0.5) is 0 Å². The fourth-order valence-electron chi connectivity index (χ4n) is 4.00. The summed E-state index contributed by atoms with van der Waals surface area (Å²) in [5.41, 5.74) is 5.93. The van der Waals surface area contributed by atoms with Crippen LogP contribution < -0.4 is 0 Å². The van der Waals surface area contributed by atoms with Crippen molar-refractivity contribution in [2.24, 2.45) is 5.92 Å². The van der Waals surface area contributed by atoms with Crippen molar-refractivity contribution in [2.45, 2.75) is 57.3 Å². The molecule has 4 heteroatoms. The number of nitrogens with one attached hydrogen (secondary N) is 1. The number of H-pyrrole nitrogens is 1. The van der Waals surface area contributed by atoms with Crippen LogP contribution in [0.5, 0.6) is 0 Å². The topological polar surface area (TPSA) is 46.0 Å². The Morgan fingerprint density at radius 1 is 1.14 bits per heavy atom. The predicted molar refractivity (Wildman–Crippen MR) is 87.1 cm³/mol. The Bertz CT molecular complexity index is 818. The largest absolute Gasteiger partial charge is 0.345 e. The third-order valence-electron chi connectivity index (χ3n) is 5.44. The average molecular weight is 294 g/mol. The summed E-state index contributed by atoms with van der Waals surface area (Å²) in [6.07, 6.45) is 17.0. The molecule has 3 aromatic heterocycles. The Morgan fingerprint density at radius 3 is 2.82 bits per heavy atom. The number of fused-ring (bicyclic) bond motifs is 3. The van der Waals surface area contributed by atoms with Gasteiger partial charge >= 0.3 is 0 Å². The molecule has 114 valence electrons. The summed E-state index contributed by atoms with van der Waals surface area (Å²) in [5.74, 6) is 1.53. The van der Waals surface area contributed by atoms with Gasteiger partial charge < -0.3 is 4.98 Å². The first-order valence-electron chi connectivity index (χ1n) is 8.72. The highest BCUT2D eigenvalue weighted by Gasteiger charge is 2.24.